The summed E-state index contributed by atoms with van der Waals surface area (Å²) in [5.41, 5.74) is 2.05. The normalized spacial score (nSPS) is 14.4. The van der Waals surface area contributed by atoms with Crippen LogP contribution in [0.3, 0.4) is 0 Å². The van der Waals surface area contributed by atoms with Gasteiger partial charge >= 0.3 is 0 Å². The zero-order valence-corrected chi connectivity index (χ0v) is 16.3. The number of pyridine rings is 1. The van der Waals surface area contributed by atoms with Crippen LogP contribution in [-0.2, 0) is 0 Å². The molecule has 1 saturated carbocycles. The lowest BCUT2D eigenvalue weighted by Crippen LogP contribution is -2.36. The number of hydrogen-bond acceptors (Lipinski definition) is 4. The molecule has 0 atom stereocenters. The Bertz CT molecular complexity index is 952. The lowest BCUT2D eigenvalue weighted by molar-refractivity contribution is 0.0724. The van der Waals surface area contributed by atoms with Gasteiger partial charge < -0.3 is 9.32 Å². The molecule has 0 spiro atoms. The van der Waals surface area contributed by atoms with Gasteiger partial charge in [0.05, 0.1) is 23.4 Å². The largest absolute Gasteiger partial charge is 0.463 e. The fraction of sp³-hybridized carbons (Fsp3) is 0.476. The second-order valence-electron chi connectivity index (χ2n) is 8.04. The van der Waals surface area contributed by atoms with Crippen molar-refractivity contribution in [1.29, 1.82) is 0 Å². The van der Waals surface area contributed by atoms with Crippen LogP contribution in [0.1, 0.15) is 56.9 Å². The van der Waals surface area contributed by atoms with Crippen LogP contribution in [0.25, 0.3) is 22.5 Å². The number of fused-ring (bicyclic) bond motifs is 1. The molecule has 0 aliphatic heterocycles. The van der Waals surface area contributed by atoms with Gasteiger partial charge in [-0.15, -0.1) is 0 Å². The van der Waals surface area contributed by atoms with Gasteiger partial charge in [-0.1, -0.05) is 13.8 Å². The smallest absolute Gasteiger partial charge is 0.255 e. The molecule has 0 saturated heterocycles. The lowest BCUT2D eigenvalue weighted by atomic mass is 10.1. The molecule has 6 heteroatoms. The van der Waals surface area contributed by atoms with Gasteiger partial charge in [0.15, 0.2) is 11.4 Å². The van der Waals surface area contributed by atoms with E-state index >= 15 is 0 Å². The molecular formula is C21H26N4O2. The highest BCUT2D eigenvalue weighted by Gasteiger charge is 2.34. The van der Waals surface area contributed by atoms with E-state index < -0.39 is 0 Å². The Hall–Kier alpha value is -2.63. The number of furan rings is 1. The maximum absolute atomic E-state index is 13.5. The van der Waals surface area contributed by atoms with E-state index in [1.165, 1.54) is 0 Å². The molecule has 0 unspecified atom stereocenters. The maximum atomic E-state index is 13.5. The van der Waals surface area contributed by atoms with E-state index in [4.69, 9.17) is 9.40 Å². The fourth-order valence-corrected chi connectivity index (χ4v) is 3.46. The molecule has 3 aromatic rings. The first-order valence-electron chi connectivity index (χ1n) is 9.68. The van der Waals surface area contributed by atoms with Gasteiger partial charge in [-0.05, 0) is 50.8 Å². The van der Waals surface area contributed by atoms with Crippen molar-refractivity contribution < 1.29 is 9.21 Å². The van der Waals surface area contributed by atoms with Crippen LogP contribution in [0.4, 0.5) is 0 Å². The van der Waals surface area contributed by atoms with E-state index in [0.29, 0.717) is 29.0 Å². The highest BCUT2D eigenvalue weighted by atomic mass is 16.3. The molecule has 4 rings (SSSR count). The summed E-state index contributed by atoms with van der Waals surface area (Å²) >= 11 is 0. The number of rotatable bonds is 6. The average Bonchev–Trinajstić information content (AvgIpc) is 3.15. The summed E-state index contributed by atoms with van der Waals surface area (Å²) < 4.78 is 7.41. The van der Waals surface area contributed by atoms with Crippen LogP contribution in [0.15, 0.2) is 35.1 Å². The van der Waals surface area contributed by atoms with Crippen molar-refractivity contribution in [2.45, 2.75) is 52.6 Å². The van der Waals surface area contributed by atoms with Crippen LogP contribution in [-0.4, -0.2) is 38.2 Å². The Morgan fingerprint density at radius 1 is 1.33 bits per heavy atom. The van der Waals surface area contributed by atoms with Crippen LogP contribution >= 0.6 is 0 Å². The van der Waals surface area contributed by atoms with Gasteiger partial charge in [-0.3, -0.25) is 4.79 Å². The van der Waals surface area contributed by atoms with Crippen LogP contribution in [0, 0.1) is 5.92 Å². The third-order valence-corrected chi connectivity index (χ3v) is 4.87. The molecule has 0 bridgehead atoms. The third kappa shape index (κ3) is 3.36. The summed E-state index contributed by atoms with van der Waals surface area (Å²) in [6.07, 6.45) is 5.56. The molecule has 142 valence electrons. The predicted molar refractivity (Wildman–Crippen MR) is 105 cm³/mol. The van der Waals surface area contributed by atoms with Gasteiger partial charge in [0.1, 0.15) is 5.69 Å². The molecule has 3 heterocycles. The standard InChI is InChI=1S/C21H26N4O2/c1-13(2)12-24(15-7-8-15)21(26)16-10-18(19-6-5-9-27-19)23-20-17(16)11-22-25(20)14(3)4/h5-6,9-11,13-15H,7-8,12H2,1-4H3. The summed E-state index contributed by atoms with van der Waals surface area (Å²) in [5, 5.41) is 5.30. The van der Waals surface area contributed by atoms with E-state index in [2.05, 4.69) is 32.8 Å². The Morgan fingerprint density at radius 2 is 2.11 bits per heavy atom. The molecule has 0 aromatic carbocycles. The summed E-state index contributed by atoms with van der Waals surface area (Å²) in [4.78, 5) is 20.3. The molecule has 1 aliphatic rings. The number of carbonyl (C=O) groups is 1. The second-order valence-corrected chi connectivity index (χ2v) is 8.04. The van der Waals surface area contributed by atoms with Crippen molar-refractivity contribution in [3.05, 3.63) is 36.2 Å². The highest BCUT2D eigenvalue weighted by Crippen LogP contribution is 2.32. The van der Waals surface area contributed by atoms with Crippen molar-refractivity contribution in [3.63, 3.8) is 0 Å². The van der Waals surface area contributed by atoms with Crippen molar-refractivity contribution in [3.8, 4) is 11.5 Å². The summed E-state index contributed by atoms with van der Waals surface area (Å²) in [6, 6.07) is 6.06. The first kappa shape index (κ1) is 17.8. The van der Waals surface area contributed by atoms with E-state index in [-0.39, 0.29) is 11.9 Å². The number of nitrogens with zero attached hydrogens (tertiary/aromatic N) is 4. The Morgan fingerprint density at radius 3 is 2.70 bits per heavy atom. The van der Waals surface area contributed by atoms with Crippen molar-refractivity contribution in [1.82, 2.24) is 19.7 Å². The quantitative estimate of drug-likeness (QED) is 0.643. The average molecular weight is 366 g/mol. The SMILES string of the molecule is CC(C)CN(C(=O)c1cc(-c2ccco2)nc2c1cnn2C(C)C)C1CC1. The van der Waals surface area contributed by atoms with Crippen LogP contribution < -0.4 is 0 Å². The van der Waals surface area contributed by atoms with Gasteiger partial charge in [0.2, 0.25) is 0 Å². The minimum absolute atomic E-state index is 0.0645. The van der Waals surface area contributed by atoms with Crippen molar-refractivity contribution in [2.75, 3.05) is 6.54 Å². The number of hydrogen-bond donors (Lipinski definition) is 0. The topological polar surface area (TPSA) is 64.2 Å². The predicted octanol–water partition coefficient (Wildman–Crippen LogP) is 4.53. The number of aromatic nitrogens is 3. The van der Waals surface area contributed by atoms with Gasteiger partial charge in [0.25, 0.3) is 5.91 Å². The number of amides is 1. The molecule has 1 amide bonds. The zero-order chi connectivity index (χ0) is 19.1. The molecule has 0 radical (unpaired) electrons. The van der Waals surface area contributed by atoms with Gasteiger partial charge in [0, 0.05) is 18.6 Å². The molecule has 1 fully saturated rings. The highest BCUT2D eigenvalue weighted by molar-refractivity contribution is 6.06. The first-order chi connectivity index (χ1) is 13.0. The van der Waals surface area contributed by atoms with Gasteiger partial charge in [-0.2, -0.15) is 5.10 Å². The Kier molecular flexibility index (Phi) is 4.50. The second kappa shape index (κ2) is 6.83. The third-order valence-electron chi connectivity index (χ3n) is 4.87. The van der Waals surface area contributed by atoms with Gasteiger partial charge in [-0.25, -0.2) is 9.67 Å². The minimum atomic E-state index is 0.0645. The Balaban J connectivity index is 1.86. The Labute approximate surface area is 159 Å². The lowest BCUT2D eigenvalue weighted by Gasteiger charge is -2.25. The zero-order valence-electron chi connectivity index (χ0n) is 16.3. The summed E-state index contributed by atoms with van der Waals surface area (Å²) in [7, 11) is 0. The van der Waals surface area contributed by atoms with Crippen LogP contribution in [0.2, 0.25) is 0 Å². The monoisotopic (exact) mass is 366 g/mol. The molecular weight excluding hydrogens is 340 g/mol. The van der Waals surface area contributed by atoms with Crippen LogP contribution in [0.5, 0.6) is 0 Å². The van der Waals surface area contributed by atoms with Crippen molar-refractivity contribution >= 4 is 16.9 Å². The van der Waals surface area contributed by atoms with E-state index in [0.717, 1.165) is 30.4 Å². The van der Waals surface area contributed by atoms with E-state index in [1.807, 2.05) is 27.8 Å². The molecule has 3 aromatic heterocycles. The first-order valence-corrected chi connectivity index (χ1v) is 9.68. The molecule has 27 heavy (non-hydrogen) atoms. The molecule has 6 nitrogen and oxygen atoms in total. The molecule has 0 N–H and O–H groups in total. The summed E-state index contributed by atoms with van der Waals surface area (Å²) in [5.74, 6) is 1.15. The summed E-state index contributed by atoms with van der Waals surface area (Å²) in [6.45, 7) is 9.18. The fourth-order valence-electron chi connectivity index (χ4n) is 3.46. The van der Waals surface area contributed by atoms with E-state index in [9.17, 15) is 4.79 Å². The van der Waals surface area contributed by atoms with E-state index in [1.54, 1.807) is 12.5 Å². The minimum Gasteiger partial charge on any atom is -0.463 e. The maximum Gasteiger partial charge on any atom is 0.255 e. The number of carbonyl (C=O) groups excluding carboxylic acids is 1. The molecule has 1 aliphatic carbocycles. The van der Waals surface area contributed by atoms with Crippen molar-refractivity contribution in [2.24, 2.45) is 5.92 Å².